The van der Waals surface area contributed by atoms with Crippen molar-refractivity contribution < 1.29 is 14.3 Å². The van der Waals surface area contributed by atoms with E-state index in [-0.39, 0.29) is 12.5 Å². The highest BCUT2D eigenvalue weighted by molar-refractivity contribution is 7.80. The molecule has 1 N–H and O–H groups in total. The third-order valence-electron chi connectivity index (χ3n) is 5.27. The zero-order valence-corrected chi connectivity index (χ0v) is 18.1. The van der Waals surface area contributed by atoms with Gasteiger partial charge in [-0.25, -0.2) is 0 Å². The van der Waals surface area contributed by atoms with Crippen LogP contribution >= 0.6 is 23.8 Å². The SMILES string of the molecule is O=C(C1COc2ccccc2O1)N1CCN(C(=S)NCCc2ccc(Cl)cc2)CC1. The Bertz CT molecular complexity index is 901. The van der Waals surface area contributed by atoms with Crippen molar-refractivity contribution in [1.82, 2.24) is 15.1 Å². The molecule has 6 nitrogen and oxygen atoms in total. The number of piperazine rings is 1. The van der Waals surface area contributed by atoms with Crippen molar-refractivity contribution in [2.75, 3.05) is 39.3 Å². The van der Waals surface area contributed by atoms with Crippen molar-refractivity contribution >= 4 is 34.8 Å². The second-order valence-corrected chi connectivity index (χ2v) is 8.11. The Hall–Kier alpha value is -2.51. The quantitative estimate of drug-likeness (QED) is 0.730. The molecule has 0 radical (unpaired) electrons. The molecule has 1 unspecified atom stereocenters. The van der Waals surface area contributed by atoms with Crippen LogP contribution in [0.3, 0.4) is 0 Å². The number of para-hydroxylation sites is 2. The molecule has 30 heavy (non-hydrogen) atoms. The summed E-state index contributed by atoms with van der Waals surface area (Å²) in [6.07, 6.45) is 0.270. The number of thiocarbonyl (C=S) groups is 1. The number of carbonyl (C=O) groups is 1. The van der Waals surface area contributed by atoms with Gasteiger partial charge in [0.15, 0.2) is 16.6 Å². The Labute approximate surface area is 186 Å². The molecular formula is C22H24ClN3O3S. The van der Waals surface area contributed by atoms with Gasteiger partial charge in [-0.15, -0.1) is 0 Å². The van der Waals surface area contributed by atoms with Crippen molar-refractivity contribution in [1.29, 1.82) is 0 Å². The Balaban J connectivity index is 1.21. The maximum absolute atomic E-state index is 12.8. The minimum Gasteiger partial charge on any atom is -0.485 e. The molecule has 0 saturated carbocycles. The van der Waals surface area contributed by atoms with Gasteiger partial charge in [-0.3, -0.25) is 4.79 Å². The van der Waals surface area contributed by atoms with Crippen LogP contribution in [0.4, 0.5) is 0 Å². The molecule has 2 aliphatic rings. The fraction of sp³-hybridized carbons (Fsp3) is 0.364. The van der Waals surface area contributed by atoms with Crippen LogP contribution in [-0.2, 0) is 11.2 Å². The van der Waals surface area contributed by atoms with Crippen LogP contribution in [-0.4, -0.2) is 66.3 Å². The van der Waals surface area contributed by atoms with Crippen LogP contribution in [0, 0.1) is 0 Å². The highest BCUT2D eigenvalue weighted by Gasteiger charge is 2.32. The van der Waals surface area contributed by atoms with E-state index in [1.165, 1.54) is 5.56 Å². The first-order valence-corrected chi connectivity index (χ1v) is 10.8. The highest BCUT2D eigenvalue weighted by Crippen LogP contribution is 2.31. The standard InChI is InChI=1S/C22H24ClN3O3S/c23-17-7-5-16(6-8-17)9-10-24-22(30)26-13-11-25(12-14-26)21(27)20-15-28-18-3-1-2-4-19(18)29-20/h1-8,20H,9-15H2,(H,24,30). The van der Waals surface area contributed by atoms with Crippen LogP contribution in [0.2, 0.25) is 5.02 Å². The summed E-state index contributed by atoms with van der Waals surface area (Å²) in [5.41, 5.74) is 1.21. The number of halogens is 1. The Kier molecular flexibility index (Phi) is 6.59. The van der Waals surface area contributed by atoms with Crippen molar-refractivity contribution in [3.05, 3.63) is 59.1 Å². The summed E-state index contributed by atoms with van der Waals surface area (Å²) in [6, 6.07) is 15.2. The van der Waals surface area contributed by atoms with Gasteiger partial charge in [0.25, 0.3) is 5.91 Å². The van der Waals surface area contributed by atoms with Gasteiger partial charge in [0.05, 0.1) is 0 Å². The number of hydrogen-bond donors (Lipinski definition) is 1. The molecule has 1 saturated heterocycles. The number of carbonyl (C=O) groups excluding carboxylic acids is 1. The summed E-state index contributed by atoms with van der Waals surface area (Å²) in [6.45, 7) is 3.61. The molecule has 1 atom stereocenters. The van der Waals surface area contributed by atoms with E-state index in [9.17, 15) is 4.79 Å². The summed E-state index contributed by atoms with van der Waals surface area (Å²) >= 11 is 11.4. The number of nitrogens with zero attached hydrogens (tertiary/aromatic N) is 2. The molecule has 4 rings (SSSR count). The molecule has 2 aromatic carbocycles. The predicted molar refractivity (Wildman–Crippen MR) is 120 cm³/mol. The number of ether oxygens (including phenoxy) is 2. The summed E-state index contributed by atoms with van der Waals surface area (Å²) in [5.74, 6) is 1.26. The summed E-state index contributed by atoms with van der Waals surface area (Å²) < 4.78 is 11.5. The fourth-order valence-corrected chi connectivity index (χ4v) is 3.96. The summed E-state index contributed by atoms with van der Waals surface area (Å²) in [4.78, 5) is 16.8. The highest BCUT2D eigenvalue weighted by atomic mass is 35.5. The van der Waals surface area contributed by atoms with Crippen LogP contribution in [0.15, 0.2) is 48.5 Å². The smallest absolute Gasteiger partial charge is 0.267 e. The van der Waals surface area contributed by atoms with Gasteiger partial charge in [-0.2, -0.15) is 0 Å². The molecule has 2 heterocycles. The maximum Gasteiger partial charge on any atom is 0.267 e. The average Bonchev–Trinajstić information content (AvgIpc) is 2.79. The van der Waals surface area contributed by atoms with Crippen molar-refractivity contribution in [3.63, 3.8) is 0 Å². The van der Waals surface area contributed by atoms with Gasteiger partial charge >= 0.3 is 0 Å². The number of fused-ring (bicyclic) bond motifs is 1. The largest absolute Gasteiger partial charge is 0.485 e. The Morgan fingerprint density at radius 1 is 1.03 bits per heavy atom. The second-order valence-electron chi connectivity index (χ2n) is 7.28. The number of nitrogens with one attached hydrogen (secondary N) is 1. The topological polar surface area (TPSA) is 54.0 Å². The van der Waals surface area contributed by atoms with E-state index in [0.29, 0.717) is 37.7 Å². The Morgan fingerprint density at radius 3 is 2.43 bits per heavy atom. The lowest BCUT2D eigenvalue weighted by molar-refractivity contribution is -0.142. The molecule has 0 bridgehead atoms. The molecule has 2 aromatic rings. The molecule has 2 aliphatic heterocycles. The van der Waals surface area contributed by atoms with Crippen LogP contribution in [0.5, 0.6) is 11.5 Å². The monoisotopic (exact) mass is 445 g/mol. The molecule has 0 spiro atoms. The van der Waals surface area contributed by atoms with Gasteiger partial charge in [-0.05, 0) is 48.5 Å². The van der Waals surface area contributed by atoms with Gasteiger partial charge < -0.3 is 24.6 Å². The molecule has 8 heteroatoms. The molecule has 1 amide bonds. The van der Waals surface area contributed by atoms with Gasteiger partial charge in [0, 0.05) is 37.7 Å². The van der Waals surface area contributed by atoms with E-state index in [1.807, 2.05) is 53.4 Å². The first-order chi connectivity index (χ1) is 14.6. The lowest BCUT2D eigenvalue weighted by Gasteiger charge is -2.38. The van der Waals surface area contributed by atoms with E-state index in [0.717, 1.165) is 23.1 Å². The van der Waals surface area contributed by atoms with E-state index in [2.05, 4.69) is 10.2 Å². The van der Waals surface area contributed by atoms with Crippen LogP contribution in [0.1, 0.15) is 5.56 Å². The number of amides is 1. The lowest BCUT2D eigenvalue weighted by atomic mass is 10.1. The first-order valence-electron chi connectivity index (χ1n) is 10.0. The molecule has 158 valence electrons. The van der Waals surface area contributed by atoms with Crippen molar-refractivity contribution in [2.24, 2.45) is 0 Å². The van der Waals surface area contributed by atoms with Crippen molar-refractivity contribution in [2.45, 2.75) is 12.5 Å². The molecular weight excluding hydrogens is 422 g/mol. The van der Waals surface area contributed by atoms with Crippen molar-refractivity contribution in [3.8, 4) is 11.5 Å². The van der Waals surface area contributed by atoms with Gasteiger partial charge in [0.2, 0.25) is 6.10 Å². The zero-order chi connectivity index (χ0) is 20.9. The van der Waals surface area contributed by atoms with Crippen LogP contribution < -0.4 is 14.8 Å². The van der Waals surface area contributed by atoms with E-state index in [1.54, 1.807) is 0 Å². The Morgan fingerprint density at radius 2 is 1.70 bits per heavy atom. The predicted octanol–water partition coefficient (Wildman–Crippen LogP) is 2.74. The van der Waals surface area contributed by atoms with Gasteiger partial charge in [-0.1, -0.05) is 35.9 Å². The lowest BCUT2D eigenvalue weighted by Crippen LogP contribution is -2.56. The third-order valence-corrected chi connectivity index (χ3v) is 5.92. The minimum absolute atomic E-state index is 0.0363. The van der Waals surface area contributed by atoms with Crippen LogP contribution in [0.25, 0.3) is 0 Å². The minimum atomic E-state index is -0.601. The number of rotatable bonds is 4. The summed E-state index contributed by atoms with van der Waals surface area (Å²) in [7, 11) is 0. The maximum atomic E-state index is 12.8. The normalized spacial score (nSPS) is 18.1. The fourth-order valence-electron chi connectivity index (χ4n) is 3.55. The molecule has 0 aromatic heterocycles. The van der Waals surface area contributed by atoms with E-state index >= 15 is 0 Å². The number of benzene rings is 2. The first kappa shape index (κ1) is 20.8. The van der Waals surface area contributed by atoms with E-state index < -0.39 is 6.10 Å². The average molecular weight is 446 g/mol. The zero-order valence-electron chi connectivity index (χ0n) is 16.6. The molecule has 0 aliphatic carbocycles. The van der Waals surface area contributed by atoms with Gasteiger partial charge in [0.1, 0.15) is 6.61 Å². The molecule has 1 fully saturated rings. The second kappa shape index (κ2) is 9.53. The third kappa shape index (κ3) is 4.96. The number of hydrogen-bond acceptors (Lipinski definition) is 4. The van der Waals surface area contributed by atoms with E-state index in [4.69, 9.17) is 33.3 Å². The summed E-state index contributed by atoms with van der Waals surface area (Å²) in [5, 5.41) is 4.77.